The lowest BCUT2D eigenvalue weighted by Crippen LogP contribution is -2.42. The molecule has 1 unspecified atom stereocenters. The van der Waals surface area contributed by atoms with E-state index in [0.29, 0.717) is 18.5 Å². The van der Waals surface area contributed by atoms with Crippen molar-refractivity contribution in [3.05, 3.63) is 47.5 Å². The Morgan fingerprint density at radius 3 is 2.38 bits per heavy atom. The van der Waals surface area contributed by atoms with Crippen molar-refractivity contribution in [2.45, 2.75) is 45.3 Å². The maximum absolute atomic E-state index is 12.5. The molecule has 0 saturated carbocycles. The van der Waals surface area contributed by atoms with E-state index in [2.05, 4.69) is 6.58 Å². The summed E-state index contributed by atoms with van der Waals surface area (Å²) < 4.78 is 10.2. The number of hydrogen-bond acceptors (Lipinski definition) is 4. The van der Waals surface area contributed by atoms with Crippen LogP contribution in [-0.2, 0) is 9.47 Å². The third-order valence-corrected chi connectivity index (χ3v) is 3.91. The van der Waals surface area contributed by atoms with Gasteiger partial charge in [0.15, 0.2) is 0 Å². The third kappa shape index (κ3) is 4.37. The summed E-state index contributed by atoms with van der Waals surface area (Å²) in [5, 5.41) is 0. The SMILES string of the molecule is C=C1CCN(C(=O)OC(C)(C)C)C(c2ccc(C(=O)OC)cc2)C1. The van der Waals surface area contributed by atoms with Gasteiger partial charge in [-0.3, -0.25) is 0 Å². The molecule has 1 aromatic carbocycles. The third-order valence-electron chi connectivity index (χ3n) is 3.91. The first kappa shape index (κ1) is 18.0. The van der Waals surface area contributed by atoms with Crippen LogP contribution >= 0.6 is 0 Å². The predicted octanol–water partition coefficient (Wildman–Crippen LogP) is 4.10. The smallest absolute Gasteiger partial charge is 0.410 e. The van der Waals surface area contributed by atoms with E-state index in [1.807, 2.05) is 32.9 Å². The molecule has 24 heavy (non-hydrogen) atoms. The maximum atomic E-state index is 12.5. The standard InChI is InChI=1S/C19H25NO4/c1-13-10-11-20(18(22)24-19(2,3)4)16(12-13)14-6-8-15(9-7-14)17(21)23-5/h6-9,16H,1,10-12H2,2-5H3. The Kier molecular flexibility index (Phi) is 5.32. The van der Waals surface area contributed by atoms with Crippen LogP contribution in [0, 0.1) is 0 Å². The Balaban J connectivity index is 2.24. The van der Waals surface area contributed by atoms with Crippen LogP contribution in [0.1, 0.15) is 55.6 Å². The topological polar surface area (TPSA) is 55.8 Å². The molecule has 5 heteroatoms. The van der Waals surface area contributed by atoms with Gasteiger partial charge in [-0.15, -0.1) is 0 Å². The lowest BCUT2D eigenvalue weighted by molar-refractivity contribution is 0.0130. The number of carbonyl (C=O) groups is 2. The maximum Gasteiger partial charge on any atom is 0.410 e. The quantitative estimate of drug-likeness (QED) is 0.605. The van der Waals surface area contributed by atoms with E-state index >= 15 is 0 Å². The molecule has 1 aromatic rings. The van der Waals surface area contributed by atoms with E-state index in [9.17, 15) is 9.59 Å². The van der Waals surface area contributed by atoms with E-state index in [0.717, 1.165) is 17.6 Å². The molecular formula is C19H25NO4. The number of esters is 1. The van der Waals surface area contributed by atoms with Crippen LogP contribution in [0.25, 0.3) is 0 Å². The van der Waals surface area contributed by atoms with Gasteiger partial charge in [-0.25, -0.2) is 9.59 Å². The zero-order chi connectivity index (χ0) is 17.9. The fourth-order valence-corrected chi connectivity index (χ4v) is 2.72. The van der Waals surface area contributed by atoms with Crippen molar-refractivity contribution in [1.82, 2.24) is 4.90 Å². The average molecular weight is 331 g/mol. The molecule has 0 aromatic heterocycles. The van der Waals surface area contributed by atoms with Gasteiger partial charge in [0, 0.05) is 6.54 Å². The number of likely N-dealkylation sites (tertiary alicyclic amines) is 1. The van der Waals surface area contributed by atoms with Crippen LogP contribution in [0.15, 0.2) is 36.4 Å². The van der Waals surface area contributed by atoms with Gasteiger partial charge in [-0.2, -0.15) is 0 Å². The number of methoxy groups -OCH3 is 1. The fourth-order valence-electron chi connectivity index (χ4n) is 2.72. The second-order valence-corrected chi connectivity index (χ2v) is 7.01. The van der Waals surface area contributed by atoms with Gasteiger partial charge in [0.2, 0.25) is 0 Å². The molecule has 0 spiro atoms. The van der Waals surface area contributed by atoms with Crippen LogP contribution in [0.4, 0.5) is 4.79 Å². The Labute approximate surface area is 143 Å². The highest BCUT2D eigenvalue weighted by Crippen LogP contribution is 2.34. The summed E-state index contributed by atoms with van der Waals surface area (Å²) in [6, 6.07) is 7.00. The summed E-state index contributed by atoms with van der Waals surface area (Å²) in [6.45, 7) is 10.2. The molecule has 5 nitrogen and oxygen atoms in total. The number of hydrogen-bond donors (Lipinski definition) is 0. The van der Waals surface area contributed by atoms with Gasteiger partial charge >= 0.3 is 12.1 Å². The Morgan fingerprint density at radius 2 is 1.83 bits per heavy atom. The molecule has 2 rings (SSSR count). The van der Waals surface area contributed by atoms with Crippen molar-refractivity contribution in [2.75, 3.05) is 13.7 Å². The van der Waals surface area contributed by atoms with E-state index < -0.39 is 5.60 Å². The molecule has 0 radical (unpaired) electrons. The first-order valence-corrected chi connectivity index (χ1v) is 8.06. The molecule has 1 amide bonds. The number of carbonyl (C=O) groups excluding carboxylic acids is 2. The monoisotopic (exact) mass is 331 g/mol. The molecule has 1 saturated heterocycles. The lowest BCUT2D eigenvalue weighted by Gasteiger charge is -2.37. The number of nitrogens with zero attached hydrogens (tertiary/aromatic N) is 1. The van der Waals surface area contributed by atoms with Crippen molar-refractivity contribution < 1.29 is 19.1 Å². The number of amides is 1. The second-order valence-electron chi connectivity index (χ2n) is 7.01. The molecule has 130 valence electrons. The number of ether oxygens (including phenoxy) is 2. The molecule has 1 aliphatic rings. The predicted molar refractivity (Wildman–Crippen MR) is 91.8 cm³/mol. The Morgan fingerprint density at radius 1 is 1.21 bits per heavy atom. The average Bonchev–Trinajstić information content (AvgIpc) is 2.52. The summed E-state index contributed by atoms with van der Waals surface area (Å²) in [5.74, 6) is -0.376. The summed E-state index contributed by atoms with van der Waals surface area (Å²) in [7, 11) is 1.35. The van der Waals surface area contributed by atoms with Gasteiger partial charge in [0.05, 0.1) is 18.7 Å². The molecule has 1 fully saturated rings. The first-order chi connectivity index (χ1) is 11.2. The molecule has 1 atom stereocenters. The van der Waals surface area contributed by atoms with Gasteiger partial charge in [0.25, 0.3) is 0 Å². The zero-order valence-corrected chi connectivity index (χ0v) is 14.8. The van der Waals surface area contributed by atoms with Gasteiger partial charge in [-0.05, 0) is 51.3 Å². The minimum Gasteiger partial charge on any atom is -0.465 e. The van der Waals surface area contributed by atoms with Crippen molar-refractivity contribution >= 4 is 12.1 Å². The van der Waals surface area contributed by atoms with Crippen molar-refractivity contribution in [3.63, 3.8) is 0 Å². The summed E-state index contributed by atoms with van der Waals surface area (Å²) in [4.78, 5) is 25.8. The van der Waals surface area contributed by atoms with E-state index in [4.69, 9.17) is 9.47 Å². The van der Waals surface area contributed by atoms with Crippen molar-refractivity contribution in [2.24, 2.45) is 0 Å². The van der Waals surface area contributed by atoms with Crippen LogP contribution in [0.5, 0.6) is 0 Å². The molecule has 1 heterocycles. The molecule has 1 aliphatic heterocycles. The van der Waals surface area contributed by atoms with Crippen LogP contribution in [-0.4, -0.2) is 36.2 Å². The van der Waals surface area contributed by atoms with Crippen LogP contribution in [0.3, 0.4) is 0 Å². The highest BCUT2D eigenvalue weighted by molar-refractivity contribution is 5.89. The van der Waals surface area contributed by atoms with Crippen molar-refractivity contribution in [3.8, 4) is 0 Å². The minimum atomic E-state index is -0.537. The molecule has 0 bridgehead atoms. The molecule has 0 N–H and O–H groups in total. The van der Waals surface area contributed by atoms with E-state index in [-0.39, 0.29) is 18.1 Å². The highest BCUT2D eigenvalue weighted by atomic mass is 16.6. The zero-order valence-electron chi connectivity index (χ0n) is 14.8. The lowest BCUT2D eigenvalue weighted by atomic mass is 9.92. The van der Waals surface area contributed by atoms with Gasteiger partial charge in [0.1, 0.15) is 5.60 Å². The normalized spacial score (nSPS) is 18.2. The van der Waals surface area contributed by atoms with Crippen molar-refractivity contribution in [1.29, 1.82) is 0 Å². The van der Waals surface area contributed by atoms with Gasteiger partial charge in [-0.1, -0.05) is 24.3 Å². The number of rotatable bonds is 2. The van der Waals surface area contributed by atoms with E-state index in [1.165, 1.54) is 7.11 Å². The minimum absolute atomic E-state index is 0.132. The van der Waals surface area contributed by atoms with E-state index in [1.54, 1.807) is 17.0 Å². The number of piperidine rings is 1. The number of benzene rings is 1. The molecule has 0 aliphatic carbocycles. The molecular weight excluding hydrogens is 306 g/mol. The Hall–Kier alpha value is -2.30. The summed E-state index contributed by atoms with van der Waals surface area (Å²) in [5.41, 5.74) is 2.01. The highest BCUT2D eigenvalue weighted by Gasteiger charge is 2.32. The van der Waals surface area contributed by atoms with Gasteiger partial charge < -0.3 is 14.4 Å². The summed E-state index contributed by atoms with van der Waals surface area (Å²) >= 11 is 0. The second kappa shape index (κ2) is 7.07. The van der Waals surface area contributed by atoms with Crippen LogP contribution in [0.2, 0.25) is 0 Å². The Bertz CT molecular complexity index is 628. The van der Waals surface area contributed by atoms with Crippen LogP contribution < -0.4 is 0 Å². The fraction of sp³-hybridized carbons (Fsp3) is 0.474. The largest absolute Gasteiger partial charge is 0.465 e. The first-order valence-electron chi connectivity index (χ1n) is 8.06. The summed E-state index contributed by atoms with van der Waals surface area (Å²) in [6.07, 6.45) is 1.14.